The Hall–Kier alpha value is -1.76. The molecule has 7 heteroatoms. The number of carbonyl (C=O) groups is 1. The van der Waals surface area contributed by atoms with Gasteiger partial charge in [0.1, 0.15) is 28.2 Å². The SMILES string of the molecule is CCN1C(=O)C(=Cc2ccc(COc3ccccc3Cl)o2)SC1=S. The second-order valence-corrected chi connectivity index (χ2v) is 7.03. The quantitative estimate of drug-likeness (QED) is 0.554. The van der Waals surface area contributed by atoms with Crippen LogP contribution < -0.4 is 4.74 Å². The number of furan rings is 1. The van der Waals surface area contributed by atoms with E-state index in [2.05, 4.69) is 0 Å². The molecular weight excluding hydrogens is 366 g/mol. The second-order valence-electron chi connectivity index (χ2n) is 4.95. The van der Waals surface area contributed by atoms with Crippen LogP contribution >= 0.6 is 35.6 Å². The fourth-order valence-electron chi connectivity index (χ4n) is 2.16. The largest absolute Gasteiger partial charge is 0.484 e. The standard InChI is InChI=1S/C17H14ClNO3S2/c1-2-19-16(20)15(24-17(19)23)9-11-7-8-12(22-11)10-21-14-6-4-3-5-13(14)18/h3-9H,2,10H2,1H3. The third-order valence-corrected chi connectivity index (χ3v) is 5.04. The molecule has 1 aliphatic heterocycles. The first-order chi connectivity index (χ1) is 11.6. The first-order valence-corrected chi connectivity index (χ1v) is 8.90. The lowest BCUT2D eigenvalue weighted by Crippen LogP contribution is -2.27. The van der Waals surface area contributed by atoms with Crippen molar-refractivity contribution in [2.75, 3.05) is 6.54 Å². The molecule has 1 aromatic carbocycles. The van der Waals surface area contributed by atoms with E-state index in [0.717, 1.165) is 0 Å². The Bertz CT molecular complexity index is 816. The minimum absolute atomic E-state index is 0.0854. The van der Waals surface area contributed by atoms with Gasteiger partial charge in [0.15, 0.2) is 0 Å². The van der Waals surface area contributed by atoms with E-state index in [1.807, 2.05) is 25.1 Å². The number of halogens is 1. The van der Waals surface area contributed by atoms with Crippen molar-refractivity contribution in [3.8, 4) is 5.75 Å². The molecule has 124 valence electrons. The fourth-order valence-corrected chi connectivity index (χ4v) is 3.72. The summed E-state index contributed by atoms with van der Waals surface area (Å²) in [5.41, 5.74) is 0. The summed E-state index contributed by atoms with van der Waals surface area (Å²) in [5, 5.41) is 0.549. The Kier molecular flexibility index (Phi) is 5.28. The zero-order chi connectivity index (χ0) is 17.1. The van der Waals surface area contributed by atoms with Crippen LogP contribution in [0.4, 0.5) is 0 Å². The molecule has 2 heterocycles. The van der Waals surface area contributed by atoms with Gasteiger partial charge in [-0.1, -0.05) is 47.7 Å². The third-order valence-electron chi connectivity index (χ3n) is 3.35. The maximum absolute atomic E-state index is 12.2. The maximum atomic E-state index is 12.2. The number of thioether (sulfide) groups is 1. The Morgan fingerprint density at radius 1 is 1.33 bits per heavy atom. The van der Waals surface area contributed by atoms with E-state index < -0.39 is 0 Å². The molecule has 24 heavy (non-hydrogen) atoms. The van der Waals surface area contributed by atoms with Gasteiger partial charge in [-0.3, -0.25) is 9.69 Å². The summed E-state index contributed by atoms with van der Waals surface area (Å²) in [5.74, 6) is 1.75. The lowest BCUT2D eigenvalue weighted by molar-refractivity contribution is -0.121. The molecule has 2 aromatic rings. The van der Waals surface area contributed by atoms with E-state index in [-0.39, 0.29) is 12.5 Å². The van der Waals surface area contributed by atoms with Gasteiger partial charge in [0.25, 0.3) is 5.91 Å². The smallest absolute Gasteiger partial charge is 0.266 e. The number of hydrogen-bond acceptors (Lipinski definition) is 5. The van der Waals surface area contributed by atoms with Gasteiger partial charge in [0.2, 0.25) is 0 Å². The van der Waals surface area contributed by atoms with Gasteiger partial charge in [-0.05, 0) is 31.2 Å². The predicted octanol–water partition coefficient (Wildman–Crippen LogP) is 4.73. The molecule has 1 aliphatic rings. The molecule has 0 atom stereocenters. The molecule has 0 saturated carbocycles. The lowest BCUT2D eigenvalue weighted by Gasteiger charge is -2.09. The molecule has 3 rings (SSSR count). The Morgan fingerprint density at radius 3 is 2.83 bits per heavy atom. The summed E-state index contributed by atoms with van der Waals surface area (Å²) >= 11 is 12.5. The molecule has 0 unspecified atom stereocenters. The van der Waals surface area contributed by atoms with Crippen molar-refractivity contribution in [1.29, 1.82) is 0 Å². The van der Waals surface area contributed by atoms with Gasteiger partial charge in [-0.25, -0.2) is 0 Å². The average Bonchev–Trinajstić information content (AvgIpc) is 3.11. The highest BCUT2D eigenvalue weighted by Crippen LogP contribution is 2.32. The summed E-state index contributed by atoms with van der Waals surface area (Å²) in [4.78, 5) is 14.3. The van der Waals surface area contributed by atoms with Crippen molar-refractivity contribution >= 4 is 51.9 Å². The zero-order valence-electron chi connectivity index (χ0n) is 12.8. The van der Waals surface area contributed by atoms with Crippen molar-refractivity contribution < 1.29 is 13.9 Å². The molecule has 1 saturated heterocycles. The van der Waals surface area contributed by atoms with E-state index in [1.165, 1.54) is 11.8 Å². The van der Waals surface area contributed by atoms with Crippen LogP contribution in [0.1, 0.15) is 18.4 Å². The minimum Gasteiger partial charge on any atom is -0.484 e. The van der Waals surface area contributed by atoms with Gasteiger partial charge in [0.05, 0.1) is 9.93 Å². The topological polar surface area (TPSA) is 42.7 Å². The zero-order valence-corrected chi connectivity index (χ0v) is 15.2. The van der Waals surface area contributed by atoms with Gasteiger partial charge >= 0.3 is 0 Å². The summed E-state index contributed by atoms with van der Waals surface area (Å²) in [6.45, 7) is 2.72. The molecule has 4 nitrogen and oxygen atoms in total. The van der Waals surface area contributed by atoms with Crippen molar-refractivity contribution in [3.63, 3.8) is 0 Å². The van der Waals surface area contributed by atoms with Crippen LogP contribution in [0.2, 0.25) is 5.02 Å². The van der Waals surface area contributed by atoms with Gasteiger partial charge in [-0.15, -0.1) is 0 Å². The molecule has 1 fully saturated rings. The fraction of sp³-hybridized carbons (Fsp3) is 0.176. The Balaban J connectivity index is 1.68. The number of amides is 1. The number of carbonyl (C=O) groups excluding carboxylic acids is 1. The van der Waals surface area contributed by atoms with E-state index in [9.17, 15) is 4.79 Å². The van der Waals surface area contributed by atoms with Crippen LogP contribution in [0.25, 0.3) is 6.08 Å². The molecule has 1 aromatic heterocycles. The molecule has 0 aliphatic carbocycles. The number of nitrogens with zero attached hydrogens (tertiary/aromatic N) is 1. The summed E-state index contributed by atoms with van der Waals surface area (Å²) < 4.78 is 11.9. The van der Waals surface area contributed by atoms with Crippen molar-refractivity contribution in [2.45, 2.75) is 13.5 Å². The van der Waals surface area contributed by atoms with Gasteiger partial charge in [0, 0.05) is 12.6 Å². The highest BCUT2D eigenvalue weighted by molar-refractivity contribution is 8.26. The van der Waals surface area contributed by atoms with Crippen molar-refractivity contribution in [1.82, 2.24) is 4.90 Å². The predicted molar refractivity (Wildman–Crippen MR) is 100 cm³/mol. The average molecular weight is 380 g/mol. The minimum atomic E-state index is -0.0854. The lowest BCUT2D eigenvalue weighted by atomic mass is 10.3. The van der Waals surface area contributed by atoms with Crippen LogP contribution in [0.5, 0.6) is 5.75 Å². The molecule has 0 radical (unpaired) electrons. The Labute approximate surface area is 154 Å². The van der Waals surface area contributed by atoms with E-state index in [0.29, 0.717) is 38.1 Å². The van der Waals surface area contributed by atoms with E-state index >= 15 is 0 Å². The number of likely N-dealkylation sites (N-methyl/N-ethyl adjacent to an activating group) is 1. The number of rotatable bonds is 5. The number of benzene rings is 1. The van der Waals surface area contributed by atoms with Crippen molar-refractivity contribution in [3.05, 3.63) is 57.8 Å². The van der Waals surface area contributed by atoms with Crippen LogP contribution in [0.15, 0.2) is 45.7 Å². The summed E-state index contributed by atoms with van der Waals surface area (Å²) in [7, 11) is 0. The molecule has 1 amide bonds. The third kappa shape index (κ3) is 3.66. The molecule has 0 N–H and O–H groups in total. The van der Waals surface area contributed by atoms with E-state index in [4.69, 9.17) is 33.0 Å². The van der Waals surface area contributed by atoms with E-state index in [1.54, 1.807) is 29.2 Å². The van der Waals surface area contributed by atoms with Crippen LogP contribution in [0.3, 0.4) is 0 Å². The molecule has 0 spiro atoms. The number of para-hydroxylation sites is 1. The highest BCUT2D eigenvalue weighted by atomic mass is 35.5. The van der Waals surface area contributed by atoms with Gasteiger partial charge in [-0.2, -0.15) is 0 Å². The van der Waals surface area contributed by atoms with Crippen LogP contribution in [0, 0.1) is 0 Å². The molecule has 0 bridgehead atoms. The maximum Gasteiger partial charge on any atom is 0.266 e. The summed E-state index contributed by atoms with van der Waals surface area (Å²) in [6.07, 6.45) is 1.70. The highest BCUT2D eigenvalue weighted by Gasteiger charge is 2.30. The van der Waals surface area contributed by atoms with Crippen LogP contribution in [-0.4, -0.2) is 21.7 Å². The summed E-state index contributed by atoms with van der Waals surface area (Å²) in [6, 6.07) is 10.9. The number of thiocarbonyl (C=S) groups is 1. The van der Waals surface area contributed by atoms with Crippen LogP contribution in [-0.2, 0) is 11.4 Å². The monoisotopic (exact) mass is 379 g/mol. The first kappa shape index (κ1) is 17.1. The Morgan fingerprint density at radius 2 is 2.12 bits per heavy atom. The number of ether oxygens (including phenoxy) is 1. The second kappa shape index (κ2) is 7.42. The van der Waals surface area contributed by atoms with Crippen molar-refractivity contribution in [2.24, 2.45) is 0 Å². The normalized spacial score (nSPS) is 16.2. The van der Waals surface area contributed by atoms with Gasteiger partial charge < -0.3 is 9.15 Å². The molecular formula is C17H14ClNO3S2. The first-order valence-electron chi connectivity index (χ1n) is 7.30. The number of hydrogen-bond donors (Lipinski definition) is 0.